The van der Waals surface area contributed by atoms with E-state index in [1.807, 2.05) is 42.5 Å². The predicted octanol–water partition coefficient (Wildman–Crippen LogP) is 4.19. The first-order valence-electron chi connectivity index (χ1n) is 10.4. The number of urea groups is 1. The normalized spacial score (nSPS) is 11.2. The first-order valence-corrected chi connectivity index (χ1v) is 10.4. The summed E-state index contributed by atoms with van der Waals surface area (Å²) in [5.74, 6) is 0.373. The number of anilines is 3. The van der Waals surface area contributed by atoms with Crippen molar-refractivity contribution in [2.24, 2.45) is 5.41 Å². The molecule has 0 aliphatic rings. The number of hydrogen-bond acceptors (Lipinski definition) is 6. The summed E-state index contributed by atoms with van der Waals surface area (Å²) in [7, 11) is 0. The molecule has 0 saturated carbocycles. The first-order chi connectivity index (χ1) is 15.2. The summed E-state index contributed by atoms with van der Waals surface area (Å²) in [6.07, 6.45) is 0. The van der Waals surface area contributed by atoms with Gasteiger partial charge in [-0.2, -0.15) is 4.98 Å². The van der Waals surface area contributed by atoms with Crippen LogP contribution in [-0.4, -0.2) is 22.5 Å². The van der Waals surface area contributed by atoms with E-state index in [9.17, 15) is 4.79 Å². The van der Waals surface area contributed by atoms with Gasteiger partial charge in [0.2, 0.25) is 5.95 Å². The molecule has 1 aromatic heterocycles. The average Bonchev–Trinajstić information content (AvgIpc) is 2.73. The largest absolute Gasteiger partial charge is 0.383 e. The highest BCUT2D eigenvalue weighted by Crippen LogP contribution is 2.30. The third-order valence-corrected chi connectivity index (χ3v) is 4.59. The Morgan fingerprint density at radius 3 is 2.31 bits per heavy atom. The van der Waals surface area contributed by atoms with Crippen LogP contribution in [0.4, 0.5) is 22.2 Å². The van der Waals surface area contributed by atoms with Gasteiger partial charge in [0, 0.05) is 17.8 Å². The number of amides is 2. The van der Waals surface area contributed by atoms with Crippen molar-refractivity contribution in [3.63, 3.8) is 0 Å². The minimum absolute atomic E-state index is 0.00681. The van der Waals surface area contributed by atoms with Crippen LogP contribution < -0.4 is 22.1 Å². The second-order valence-electron chi connectivity index (χ2n) is 8.71. The summed E-state index contributed by atoms with van der Waals surface area (Å²) < 4.78 is 5.84. The smallest absolute Gasteiger partial charge is 0.319 e. The number of nitrogens with two attached hydrogens (primary N) is 2. The van der Waals surface area contributed by atoms with Gasteiger partial charge < -0.3 is 26.8 Å². The number of hydrogen-bond donors (Lipinski definition) is 4. The first kappa shape index (κ1) is 23.0. The predicted molar refractivity (Wildman–Crippen MR) is 128 cm³/mol. The van der Waals surface area contributed by atoms with E-state index in [4.69, 9.17) is 16.2 Å². The van der Waals surface area contributed by atoms with Crippen molar-refractivity contribution in [2.45, 2.75) is 34.0 Å². The van der Waals surface area contributed by atoms with Crippen molar-refractivity contribution in [1.29, 1.82) is 0 Å². The number of carbonyl (C=O) groups excluding carboxylic acids is 1. The summed E-state index contributed by atoms with van der Waals surface area (Å²) in [5.41, 5.74) is 15.8. The second kappa shape index (κ2) is 10.1. The molecule has 0 spiro atoms. The van der Waals surface area contributed by atoms with Gasteiger partial charge in [0.1, 0.15) is 5.82 Å². The number of nitrogen functional groups attached to an aromatic ring is 2. The van der Waals surface area contributed by atoms with Crippen LogP contribution in [-0.2, 0) is 18.0 Å². The van der Waals surface area contributed by atoms with Gasteiger partial charge in [0.15, 0.2) is 0 Å². The molecular formula is C24H30N6O2. The van der Waals surface area contributed by atoms with Crippen LogP contribution in [0.2, 0.25) is 0 Å². The maximum absolute atomic E-state index is 12.1. The van der Waals surface area contributed by atoms with Gasteiger partial charge in [-0.3, -0.25) is 0 Å². The molecule has 2 aromatic carbocycles. The molecule has 0 aliphatic heterocycles. The number of aromatic nitrogens is 2. The zero-order valence-corrected chi connectivity index (χ0v) is 18.7. The molecule has 0 unspecified atom stereocenters. The molecule has 1 heterocycles. The van der Waals surface area contributed by atoms with Crippen molar-refractivity contribution in [3.05, 3.63) is 65.9 Å². The molecule has 0 fully saturated rings. The van der Waals surface area contributed by atoms with Crippen LogP contribution in [0.5, 0.6) is 0 Å². The molecular weight excluding hydrogens is 404 g/mol. The lowest BCUT2D eigenvalue weighted by atomic mass is 9.97. The topological polar surface area (TPSA) is 128 Å². The summed E-state index contributed by atoms with van der Waals surface area (Å²) in [4.78, 5) is 20.5. The Hall–Kier alpha value is -3.65. The van der Waals surface area contributed by atoms with Gasteiger partial charge in [-0.05, 0) is 28.7 Å². The van der Waals surface area contributed by atoms with E-state index in [1.54, 1.807) is 12.1 Å². The van der Waals surface area contributed by atoms with Gasteiger partial charge in [-0.15, -0.1) is 0 Å². The molecule has 0 atom stereocenters. The van der Waals surface area contributed by atoms with Crippen LogP contribution in [0.25, 0.3) is 11.1 Å². The lowest BCUT2D eigenvalue weighted by Gasteiger charge is -2.19. The Labute approximate surface area is 188 Å². The van der Waals surface area contributed by atoms with E-state index in [2.05, 4.69) is 41.4 Å². The number of ether oxygens (including phenoxy) is 1. The van der Waals surface area contributed by atoms with Crippen LogP contribution in [0.15, 0.2) is 54.6 Å². The molecule has 2 amide bonds. The lowest BCUT2D eigenvalue weighted by Crippen LogP contribution is -2.35. The highest BCUT2D eigenvalue weighted by molar-refractivity contribution is 5.89. The molecule has 0 aliphatic carbocycles. The zero-order valence-electron chi connectivity index (χ0n) is 18.7. The van der Waals surface area contributed by atoms with Gasteiger partial charge in [-0.1, -0.05) is 63.2 Å². The number of nitrogens with zero attached hydrogens (tertiary/aromatic N) is 2. The Morgan fingerprint density at radius 1 is 0.969 bits per heavy atom. The summed E-state index contributed by atoms with van der Waals surface area (Å²) in [5, 5.41) is 5.68. The maximum Gasteiger partial charge on any atom is 0.319 e. The molecule has 0 saturated heterocycles. The van der Waals surface area contributed by atoms with E-state index >= 15 is 0 Å². The minimum atomic E-state index is -0.252. The van der Waals surface area contributed by atoms with E-state index in [0.717, 1.165) is 11.1 Å². The van der Waals surface area contributed by atoms with Crippen molar-refractivity contribution in [3.8, 4) is 11.1 Å². The lowest BCUT2D eigenvalue weighted by molar-refractivity contribution is 0.105. The van der Waals surface area contributed by atoms with Crippen LogP contribution in [0.3, 0.4) is 0 Å². The molecule has 8 heteroatoms. The average molecular weight is 435 g/mol. The molecule has 0 bridgehead atoms. The Bertz CT molecular complexity index is 1050. The third kappa shape index (κ3) is 6.68. The highest BCUT2D eigenvalue weighted by atomic mass is 16.5. The van der Waals surface area contributed by atoms with Gasteiger partial charge in [0.05, 0.1) is 18.9 Å². The fourth-order valence-corrected chi connectivity index (χ4v) is 3.05. The van der Waals surface area contributed by atoms with Crippen molar-refractivity contribution < 1.29 is 9.53 Å². The number of nitrogens with one attached hydrogen (secondary N) is 2. The Balaban J connectivity index is 1.71. The van der Waals surface area contributed by atoms with Crippen molar-refractivity contribution in [2.75, 3.05) is 23.3 Å². The van der Waals surface area contributed by atoms with Gasteiger partial charge in [-0.25, -0.2) is 9.78 Å². The summed E-state index contributed by atoms with van der Waals surface area (Å²) in [6.45, 7) is 7.42. The fourth-order valence-electron chi connectivity index (χ4n) is 3.05. The van der Waals surface area contributed by atoms with Crippen LogP contribution in [0.1, 0.15) is 32.0 Å². The Kier molecular flexibility index (Phi) is 7.27. The SMILES string of the molecule is CC(C)(C)CNC(=O)Nc1ccc(-c2c(N)nc(N)nc2COCc2ccccc2)cc1. The van der Waals surface area contributed by atoms with Gasteiger partial charge in [0.25, 0.3) is 0 Å². The molecule has 0 radical (unpaired) electrons. The van der Waals surface area contributed by atoms with Crippen LogP contribution in [0, 0.1) is 5.41 Å². The van der Waals surface area contributed by atoms with E-state index in [1.165, 1.54) is 0 Å². The zero-order chi connectivity index (χ0) is 23.1. The molecule has 32 heavy (non-hydrogen) atoms. The second-order valence-corrected chi connectivity index (χ2v) is 8.71. The molecule has 3 aromatic rings. The molecule has 8 nitrogen and oxygen atoms in total. The maximum atomic E-state index is 12.1. The summed E-state index contributed by atoms with van der Waals surface area (Å²) >= 11 is 0. The number of rotatable bonds is 7. The standard InChI is InChI=1S/C24H30N6O2/c1-24(2,3)15-27-23(31)28-18-11-9-17(10-12-18)20-19(29-22(26)30-21(20)25)14-32-13-16-7-5-4-6-8-16/h4-12H,13-15H2,1-3H3,(H2,27,28,31)(H4,25,26,29,30). The van der Waals surface area contributed by atoms with Crippen molar-refractivity contribution in [1.82, 2.24) is 15.3 Å². The number of benzene rings is 2. The van der Waals surface area contributed by atoms with Gasteiger partial charge >= 0.3 is 6.03 Å². The fraction of sp³-hybridized carbons (Fsp3) is 0.292. The van der Waals surface area contributed by atoms with E-state index < -0.39 is 0 Å². The molecule has 3 rings (SSSR count). The minimum Gasteiger partial charge on any atom is -0.383 e. The van der Waals surface area contributed by atoms with Crippen LogP contribution >= 0.6 is 0 Å². The highest BCUT2D eigenvalue weighted by Gasteiger charge is 2.15. The molecule has 168 valence electrons. The monoisotopic (exact) mass is 434 g/mol. The third-order valence-electron chi connectivity index (χ3n) is 4.59. The number of carbonyl (C=O) groups is 1. The quantitative estimate of drug-likeness (QED) is 0.441. The summed E-state index contributed by atoms with van der Waals surface area (Å²) in [6, 6.07) is 16.9. The Morgan fingerprint density at radius 2 is 1.66 bits per heavy atom. The van der Waals surface area contributed by atoms with E-state index in [0.29, 0.717) is 30.1 Å². The van der Waals surface area contributed by atoms with Crippen molar-refractivity contribution >= 4 is 23.5 Å². The molecule has 6 N–H and O–H groups in total. The van der Waals surface area contributed by atoms with E-state index in [-0.39, 0.29) is 29.8 Å².